The Kier molecular flexibility index (Phi) is 6.81. The van der Waals surface area contributed by atoms with E-state index in [-0.39, 0.29) is 28.9 Å². The molecule has 0 aliphatic rings. The molecule has 4 N–H and O–H groups in total. The highest BCUT2D eigenvalue weighted by Gasteiger charge is 2.22. The highest BCUT2D eigenvalue weighted by atomic mass is 32.2. The van der Waals surface area contributed by atoms with E-state index in [0.29, 0.717) is 0 Å². The number of ether oxygens (including phenoxy) is 1. The molecule has 2 aromatic rings. The number of methoxy groups -OCH3 is 1. The predicted octanol–water partition coefficient (Wildman–Crippen LogP) is 2.29. The third-order valence-electron chi connectivity index (χ3n) is 3.75. The number of rotatable bonds is 9. The maximum Gasteiger partial charge on any atom is 0.337 e. The van der Waals surface area contributed by atoms with Gasteiger partial charge in [-0.25, -0.2) is 15.3 Å². The van der Waals surface area contributed by atoms with Crippen LogP contribution in [0.1, 0.15) is 24.2 Å². The molecule has 0 aromatic heterocycles. The lowest BCUT2D eigenvalue weighted by molar-refractivity contribution is -0.384. The second kappa shape index (κ2) is 8.94. The van der Waals surface area contributed by atoms with Crippen molar-refractivity contribution in [2.75, 3.05) is 17.7 Å². The molecule has 0 aliphatic carbocycles. The Morgan fingerprint density at radius 2 is 1.90 bits per heavy atom. The molecule has 2 rings (SSSR count). The summed E-state index contributed by atoms with van der Waals surface area (Å²) in [7, 11) is -3.30. The molecule has 2 aromatic carbocycles. The van der Waals surface area contributed by atoms with Crippen LogP contribution >= 0.6 is 0 Å². The fourth-order valence-electron chi connectivity index (χ4n) is 2.47. The van der Waals surface area contributed by atoms with Crippen LogP contribution in [0.2, 0.25) is 0 Å². The maximum atomic E-state index is 11.7. The zero-order valence-electron chi connectivity index (χ0n) is 16.2. The van der Waals surface area contributed by atoms with Crippen molar-refractivity contribution in [3.05, 3.63) is 52.1 Å². The molecule has 30 heavy (non-hydrogen) atoms. The summed E-state index contributed by atoms with van der Waals surface area (Å²) in [5.41, 5.74) is 5.47. The van der Waals surface area contributed by atoms with Gasteiger partial charge in [0.1, 0.15) is 0 Å². The number of carbonyl (C=O) groups is 1. The number of nitro groups is 1. The molecule has 0 saturated heterocycles. The molecule has 0 fully saturated rings. The third kappa shape index (κ3) is 5.34. The van der Waals surface area contributed by atoms with Crippen molar-refractivity contribution in [3.63, 3.8) is 0 Å². The van der Waals surface area contributed by atoms with Crippen molar-refractivity contribution < 1.29 is 32.5 Å². The van der Waals surface area contributed by atoms with Crippen molar-refractivity contribution >= 4 is 33.1 Å². The number of hydrogen-bond donors (Lipinski definition) is 4. The van der Waals surface area contributed by atoms with E-state index < -0.39 is 31.5 Å². The van der Waals surface area contributed by atoms with Crippen molar-refractivity contribution in [1.82, 2.24) is 5.43 Å². The lowest BCUT2D eigenvalue weighted by Gasteiger charge is -2.30. The van der Waals surface area contributed by atoms with Gasteiger partial charge in [0, 0.05) is 12.1 Å². The van der Waals surface area contributed by atoms with E-state index in [4.69, 9.17) is 4.74 Å². The van der Waals surface area contributed by atoms with E-state index in [1.54, 1.807) is 13.8 Å². The van der Waals surface area contributed by atoms with Gasteiger partial charge in [0.25, 0.3) is 15.8 Å². The smallest absolute Gasteiger partial charge is 0.337 e. The predicted molar refractivity (Wildman–Crippen MR) is 107 cm³/mol. The molecular formula is C17H20N4O8S. The summed E-state index contributed by atoms with van der Waals surface area (Å²) in [6, 6.07) is 6.64. The minimum atomic E-state index is -4.61. The molecule has 0 spiro atoms. The highest BCUT2D eigenvalue weighted by Crippen LogP contribution is 2.31. The van der Waals surface area contributed by atoms with Crippen molar-refractivity contribution in [2.24, 2.45) is 0 Å². The summed E-state index contributed by atoms with van der Waals surface area (Å²) in [5, 5.41) is 21.7. The third-order valence-corrected chi connectivity index (χ3v) is 4.60. The standard InChI is InChI=1S/C17H20N4O8S/c1-10(2)18-20(19-14-6-4-11(21(24)25)8-16(14)29-3)15-7-5-12(30(26,27)28)9-13(15)17(22)23/h4-10,18-19H,1-3H3,(H,22,23)(H,26,27,28). The number of nitrogens with one attached hydrogen (secondary N) is 2. The maximum absolute atomic E-state index is 11.7. The number of benzene rings is 2. The van der Waals surface area contributed by atoms with Gasteiger partial charge in [-0.15, -0.1) is 0 Å². The zero-order valence-corrected chi connectivity index (χ0v) is 17.0. The van der Waals surface area contributed by atoms with E-state index in [2.05, 4.69) is 10.9 Å². The summed E-state index contributed by atoms with van der Waals surface area (Å²) < 4.78 is 37.1. The van der Waals surface area contributed by atoms with E-state index >= 15 is 0 Å². The number of non-ortho nitro benzene ring substituents is 1. The minimum Gasteiger partial charge on any atom is -0.494 e. The van der Waals surface area contributed by atoms with Crippen LogP contribution < -0.4 is 20.7 Å². The minimum absolute atomic E-state index is 0.0176. The monoisotopic (exact) mass is 440 g/mol. The molecule has 0 amide bonds. The summed E-state index contributed by atoms with van der Waals surface area (Å²) in [6.07, 6.45) is 0. The van der Waals surface area contributed by atoms with Crippen LogP contribution in [0.3, 0.4) is 0 Å². The van der Waals surface area contributed by atoms with Crippen LogP contribution in [0, 0.1) is 10.1 Å². The van der Waals surface area contributed by atoms with Crippen LogP contribution in [-0.4, -0.2) is 42.1 Å². The van der Waals surface area contributed by atoms with Crippen LogP contribution in [0.15, 0.2) is 41.3 Å². The zero-order chi connectivity index (χ0) is 22.6. The van der Waals surface area contributed by atoms with Gasteiger partial charge in [-0.1, -0.05) is 0 Å². The Hall–Kier alpha value is -3.42. The normalized spacial score (nSPS) is 11.2. The van der Waals surface area contributed by atoms with Gasteiger partial charge in [-0.05, 0) is 38.1 Å². The van der Waals surface area contributed by atoms with Gasteiger partial charge >= 0.3 is 5.97 Å². The Morgan fingerprint density at radius 1 is 1.23 bits per heavy atom. The first-order valence-corrected chi connectivity index (χ1v) is 9.88. The highest BCUT2D eigenvalue weighted by molar-refractivity contribution is 7.85. The Morgan fingerprint density at radius 3 is 2.40 bits per heavy atom. The van der Waals surface area contributed by atoms with Crippen molar-refractivity contribution in [1.29, 1.82) is 0 Å². The van der Waals surface area contributed by atoms with Gasteiger partial charge < -0.3 is 9.84 Å². The SMILES string of the molecule is COc1cc([N+](=O)[O-])ccc1NN(NC(C)C)c1ccc(S(=O)(=O)O)cc1C(=O)O. The van der Waals surface area contributed by atoms with Gasteiger partial charge in [-0.2, -0.15) is 8.42 Å². The van der Waals surface area contributed by atoms with E-state index in [9.17, 15) is 33.0 Å². The van der Waals surface area contributed by atoms with Gasteiger partial charge in [0.2, 0.25) is 0 Å². The number of hydrazine groups is 2. The molecule has 0 atom stereocenters. The molecule has 0 unspecified atom stereocenters. The number of anilines is 2. The summed E-state index contributed by atoms with van der Waals surface area (Å²) in [6.45, 7) is 3.55. The Bertz CT molecular complexity index is 1070. The largest absolute Gasteiger partial charge is 0.494 e. The number of carboxylic acid groups (broad SMARTS) is 1. The quantitative estimate of drug-likeness (QED) is 0.256. The van der Waals surface area contributed by atoms with Gasteiger partial charge in [0.05, 0.1) is 39.9 Å². The van der Waals surface area contributed by atoms with E-state index in [1.165, 1.54) is 36.5 Å². The van der Waals surface area contributed by atoms with Crippen LogP contribution in [0.25, 0.3) is 0 Å². The topological polar surface area (TPSA) is 171 Å². The van der Waals surface area contributed by atoms with E-state index in [0.717, 1.165) is 12.1 Å². The first-order chi connectivity index (χ1) is 13.9. The Labute approximate surface area is 171 Å². The average Bonchev–Trinajstić information content (AvgIpc) is 2.65. The lowest BCUT2D eigenvalue weighted by Crippen LogP contribution is -2.47. The fraction of sp³-hybridized carbons (Fsp3) is 0.235. The summed E-state index contributed by atoms with van der Waals surface area (Å²) >= 11 is 0. The number of nitro benzene ring substituents is 1. The first kappa shape index (κ1) is 22.9. The summed E-state index contributed by atoms with van der Waals surface area (Å²) in [5.74, 6) is -1.32. The molecule has 12 nitrogen and oxygen atoms in total. The molecular weight excluding hydrogens is 420 g/mol. The molecule has 0 radical (unpaired) electrons. The number of hydrogen-bond acceptors (Lipinski definition) is 9. The van der Waals surface area contributed by atoms with Gasteiger partial charge in [-0.3, -0.25) is 20.1 Å². The molecule has 0 bridgehead atoms. The molecule has 0 saturated carbocycles. The van der Waals surface area contributed by atoms with Crippen molar-refractivity contribution in [2.45, 2.75) is 24.8 Å². The van der Waals surface area contributed by atoms with Crippen LogP contribution in [-0.2, 0) is 10.1 Å². The van der Waals surface area contributed by atoms with Crippen LogP contribution in [0.4, 0.5) is 17.1 Å². The molecule has 0 aliphatic heterocycles. The number of aromatic carboxylic acids is 1. The molecule has 162 valence electrons. The van der Waals surface area contributed by atoms with Crippen molar-refractivity contribution in [3.8, 4) is 5.75 Å². The summed E-state index contributed by atoms with van der Waals surface area (Å²) in [4.78, 5) is 21.5. The first-order valence-electron chi connectivity index (χ1n) is 8.44. The second-order valence-electron chi connectivity index (χ2n) is 6.33. The molecule has 0 heterocycles. The molecule has 13 heteroatoms. The second-order valence-corrected chi connectivity index (χ2v) is 7.75. The van der Waals surface area contributed by atoms with Gasteiger partial charge in [0.15, 0.2) is 5.75 Å². The number of carboxylic acids is 1. The van der Waals surface area contributed by atoms with Crippen LogP contribution in [0.5, 0.6) is 5.75 Å². The van der Waals surface area contributed by atoms with E-state index in [1.807, 2.05) is 0 Å². The fourth-order valence-corrected chi connectivity index (χ4v) is 2.98. The number of nitrogens with zero attached hydrogens (tertiary/aromatic N) is 2. The Balaban J connectivity index is 2.56. The lowest BCUT2D eigenvalue weighted by atomic mass is 10.2. The average molecular weight is 440 g/mol.